The Bertz CT molecular complexity index is 1850. The van der Waals surface area contributed by atoms with Crippen molar-refractivity contribution in [3.05, 3.63) is 138 Å². The van der Waals surface area contributed by atoms with Crippen molar-refractivity contribution in [3.8, 4) is 5.75 Å². The molecule has 0 radical (unpaired) electrons. The molecule has 2 aliphatic rings. The Balaban J connectivity index is 1.53. The third-order valence-corrected chi connectivity index (χ3v) is 8.81. The van der Waals surface area contributed by atoms with Crippen molar-refractivity contribution in [2.24, 2.45) is 10.2 Å². The molecule has 5 aromatic carbocycles. The molecule has 6 nitrogen and oxygen atoms in total. The Morgan fingerprint density at radius 3 is 2.12 bits per heavy atom. The second-order valence-corrected chi connectivity index (χ2v) is 11.0. The Hall–Kier alpha value is -4.88. The van der Waals surface area contributed by atoms with Gasteiger partial charge < -0.3 is 4.74 Å². The van der Waals surface area contributed by atoms with Gasteiger partial charge in [-0.2, -0.15) is 10.2 Å². The van der Waals surface area contributed by atoms with E-state index >= 15 is 0 Å². The first-order valence-electron chi connectivity index (χ1n) is 13.3. The smallest absolute Gasteiger partial charge is 0.234 e. The minimum absolute atomic E-state index is 0.0975. The molecule has 0 fully saturated rings. The van der Waals surface area contributed by atoms with Crippen LogP contribution in [0.2, 0.25) is 0 Å². The molecule has 41 heavy (non-hydrogen) atoms. The van der Waals surface area contributed by atoms with Gasteiger partial charge in [0.25, 0.3) is 0 Å². The third kappa shape index (κ3) is 4.00. The molecule has 0 saturated heterocycles. The number of carbonyl (C=O) groups is 1. The van der Waals surface area contributed by atoms with Crippen LogP contribution in [-0.4, -0.2) is 23.6 Å². The quantitative estimate of drug-likeness (QED) is 0.227. The molecule has 7 rings (SSSR count). The lowest BCUT2D eigenvalue weighted by Gasteiger charge is -2.47. The first-order chi connectivity index (χ1) is 20.1. The second-order valence-electron chi connectivity index (χ2n) is 9.85. The largest absolute Gasteiger partial charge is 0.497 e. The minimum atomic E-state index is -0.998. The zero-order chi connectivity index (χ0) is 28.0. The van der Waals surface area contributed by atoms with Crippen LogP contribution < -0.4 is 14.8 Å². The van der Waals surface area contributed by atoms with E-state index in [9.17, 15) is 4.79 Å². The zero-order valence-electron chi connectivity index (χ0n) is 22.6. The highest BCUT2D eigenvalue weighted by atomic mass is 32.2. The number of nitrogens with zero attached hydrogens (tertiary/aromatic N) is 4. The lowest BCUT2D eigenvalue weighted by molar-refractivity contribution is -0.110. The van der Waals surface area contributed by atoms with E-state index < -0.39 is 4.99 Å². The van der Waals surface area contributed by atoms with Crippen LogP contribution in [0.4, 0.5) is 11.4 Å². The number of hydrogen-bond donors (Lipinski definition) is 0. The summed E-state index contributed by atoms with van der Waals surface area (Å²) in [5.41, 5.74) is 5.57. The Morgan fingerprint density at radius 1 is 0.707 bits per heavy atom. The van der Waals surface area contributed by atoms with Gasteiger partial charge in [-0.15, -0.1) is 0 Å². The fraction of sp³-hybridized carbons (Fsp3) is 0.0882. The first kappa shape index (κ1) is 25.1. The van der Waals surface area contributed by atoms with Crippen molar-refractivity contribution in [1.82, 2.24) is 0 Å². The number of Topliss-reactive ketones (excluding diaryl/α,β-unsaturated/α-hetero) is 1. The highest BCUT2D eigenvalue weighted by Crippen LogP contribution is 2.55. The van der Waals surface area contributed by atoms with Gasteiger partial charge in [0.15, 0.2) is 10.8 Å². The van der Waals surface area contributed by atoms with Crippen molar-refractivity contribution in [3.63, 3.8) is 0 Å². The normalized spacial score (nSPS) is 17.8. The molecule has 0 aromatic heterocycles. The molecule has 5 aromatic rings. The number of fused-ring (bicyclic) bond motifs is 3. The van der Waals surface area contributed by atoms with Crippen molar-refractivity contribution in [2.45, 2.75) is 11.9 Å². The number of para-hydroxylation sites is 1. The zero-order valence-corrected chi connectivity index (χ0v) is 23.4. The predicted octanol–water partition coefficient (Wildman–Crippen LogP) is 7.39. The number of rotatable bonds is 5. The number of carbonyl (C=O) groups excluding carboxylic acids is 1. The molecule has 200 valence electrons. The summed E-state index contributed by atoms with van der Waals surface area (Å²) in [6.45, 7) is 1.56. The van der Waals surface area contributed by atoms with E-state index in [1.54, 1.807) is 14.0 Å². The van der Waals surface area contributed by atoms with Crippen LogP contribution in [0.15, 0.2) is 132 Å². The number of anilines is 2. The van der Waals surface area contributed by atoms with E-state index in [1.807, 2.05) is 76.7 Å². The molecular weight excluding hydrogens is 528 g/mol. The van der Waals surface area contributed by atoms with E-state index in [1.165, 1.54) is 11.8 Å². The van der Waals surface area contributed by atoms with E-state index in [-0.39, 0.29) is 5.78 Å². The van der Waals surface area contributed by atoms with Crippen LogP contribution >= 0.6 is 11.8 Å². The van der Waals surface area contributed by atoms with Gasteiger partial charge in [-0.05, 0) is 58.9 Å². The van der Waals surface area contributed by atoms with Gasteiger partial charge in [0.1, 0.15) is 5.75 Å². The number of methoxy groups -OCH3 is 1. The molecule has 0 bridgehead atoms. The van der Waals surface area contributed by atoms with Crippen LogP contribution in [0, 0.1) is 0 Å². The Labute approximate surface area is 242 Å². The SMILES string of the molecule is COc1ccc(N2N=C(C(C)=O)S[C@@]23c2ccccc2C(c2cccc4ccccc24)=NN3c2ccccc2)cc1. The van der Waals surface area contributed by atoms with E-state index in [2.05, 4.69) is 54.6 Å². The van der Waals surface area contributed by atoms with Gasteiger partial charge in [0, 0.05) is 23.6 Å². The van der Waals surface area contributed by atoms with Crippen molar-refractivity contribution >= 4 is 50.4 Å². The van der Waals surface area contributed by atoms with Gasteiger partial charge in [-0.25, -0.2) is 10.0 Å². The van der Waals surface area contributed by atoms with Crippen LogP contribution in [0.1, 0.15) is 23.6 Å². The third-order valence-electron chi connectivity index (χ3n) is 7.40. The molecule has 2 heterocycles. The second kappa shape index (κ2) is 9.94. The van der Waals surface area contributed by atoms with Gasteiger partial charge >= 0.3 is 0 Å². The van der Waals surface area contributed by atoms with Gasteiger partial charge in [0.2, 0.25) is 4.99 Å². The maximum Gasteiger partial charge on any atom is 0.234 e. The molecule has 1 spiro atoms. The summed E-state index contributed by atoms with van der Waals surface area (Å²) >= 11 is 1.42. The van der Waals surface area contributed by atoms with Gasteiger partial charge in [0.05, 0.1) is 24.2 Å². The summed E-state index contributed by atoms with van der Waals surface area (Å²) < 4.78 is 5.43. The average molecular weight is 555 g/mol. The monoisotopic (exact) mass is 554 g/mol. The molecule has 0 unspecified atom stereocenters. The maximum atomic E-state index is 12.9. The predicted molar refractivity (Wildman–Crippen MR) is 168 cm³/mol. The molecular formula is C34H26N4O2S. The number of ether oxygens (including phenoxy) is 1. The minimum Gasteiger partial charge on any atom is -0.497 e. The molecule has 2 aliphatic heterocycles. The molecule has 7 heteroatoms. The highest BCUT2D eigenvalue weighted by molar-refractivity contribution is 8.17. The fourth-order valence-electron chi connectivity index (χ4n) is 5.50. The molecule has 0 saturated carbocycles. The summed E-state index contributed by atoms with van der Waals surface area (Å²) in [4.78, 5) is 11.9. The molecule has 1 atom stereocenters. The average Bonchev–Trinajstić information content (AvgIpc) is 3.43. The summed E-state index contributed by atoms with van der Waals surface area (Å²) in [6.07, 6.45) is 0. The van der Waals surface area contributed by atoms with Crippen molar-refractivity contribution < 1.29 is 9.53 Å². The first-order valence-corrected chi connectivity index (χ1v) is 14.2. The van der Waals surface area contributed by atoms with Crippen LogP contribution in [0.5, 0.6) is 5.75 Å². The summed E-state index contributed by atoms with van der Waals surface area (Å²) in [5.74, 6) is 0.644. The maximum absolute atomic E-state index is 12.9. The number of hydrazone groups is 2. The fourth-order valence-corrected chi connectivity index (χ4v) is 6.79. The van der Waals surface area contributed by atoms with Gasteiger partial charge in [-0.1, -0.05) is 84.9 Å². The van der Waals surface area contributed by atoms with E-state index in [0.717, 1.165) is 50.3 Å². The van der Waals surface area contributed by atoms with E-state index in [0.29, 0.717) is 5.04 Å². The number of ketones is 1. The Morgan fingerprint density at radius 2 is 1.34 bits per heavy atom. The summed E-state index contributed by atoms with van der Waals surface area (Å²) in [7, 11) is 1.65. The van der Waals surface area contributed by atoms with Gasteiger partial charge in [-0.3, -0.25) is 4.79 Å². The van der Waals surface area contributed by atoms with E-state index in [4.69, 9.17) is 14.9 Å². The number of benzene rings is 5. The highest BCUT2D eigenvalue weighted by Gasteiger charge is 2.55. The van der Waals surface area contributed by atoms with Crippen molar-refractivity contribution in [2.75, 3.05) is 17.1 Å². The summed E-state index contributed by atoms with van der Waals surface area (Å²) in [5, 5.41) is 17.0. The topological polar surface area (TPSA) is 57.5 Å². The lowest BCUT2D eigenvalue weighted by atomic mass is 9.91. The van der Waals surface area contributed by atoms with Crippen LogP contribution in [0.25, 0.3) is 10.8 Å². The Kier molecular flexibility index (Phi) is 6.09. The van der Waals surface area contributed by atoms with Crippen LogP contribution in [-0.2, 0) is 9.79 Å². The standard InChI is InChI=1S/C34H26N4O2S/c1-23(39)33-36-38(26-19-21-27(40-2)22-20-26)34(41-33)31-18-9-8-16-30(31)32(35-37(34)25-13-4-3-5-14-25)29-17-10-12-24-11-6-7-15-28(24)29/h3-22H,1-2H3/t34-/m1/s1. The van der Waals surface area contributed by atoms with Crippen LogP contribution in [0.3, 0.4) is 0 Å². The number of hydrogen-bond acceptors (Lipinski definition) is 7. The van der Waals surface area contributed by atoms with Crippen molar-refractivity contribution in [1.29, 1.82) is 0 Å². The lowest BCUT2D eigenvalue weighted by Crippen LogP contribution is -2.54. The summed E-state index contributed by atoms with van der Waals surface area (Å²) in [6, 6.07) is 40.8. The molecule has 0 amide bonds. The molecule has 0 N–H and O–H groups in total. The molecule has 0 aliphatic carbocycles. The number of thioether (sulfide) groups is 1.